The lowest BCUT2D eigenvalue weighted by molar-refractivity contribution is -0.137. The van der Waals surface area contributed by atoms with Crippen LogP contribution in [0.15, 0.2) is 96.4 Å². The van der Waals surface area contributed by atoms with Crippen molar-refractivity contribution >= 4 is 23.0 Å². The SMILES string of the molecule is Cc1c(C(=O)Cc2cccc(C(F)(F)F)c2)cc(-c2ccccc2)n1CCCN(C)C(=O)c1csc(-c2ccccc2)n1. The summed E-state index contributed by atoms with van der Waals surface area (Å²) in [7, 11) is 1.74. The zero-order valence-electron chi connectivity index (χ0n) is 23.8. The van der Waals surface area contributed by atoms with Crippen LogP contribution in [0.3, 0.4) is 0 Å². The number of thiazole rings is 1. The summed E-state index contributed by atoms with van der Waals surface area (Å²) in [5.41, 5.74) is 3.86. The maximum absolute atomic E-state index is 13.4. The molecule has 0 saturated heterocycles. The van der Waals surface area contributed by atoms with Crippen LogP contribution in [-0.2, 0) is 19.1 Å². The highest BCUT2D eigenvalue weighted by Gasteiger charge is 2.30. The van der Waals surface area contributed by atoms with Gasteiger partial charge >= 0.3 is 6.18 Å². The van der Waals surface area contributed by atoms with Crippen molar-refractivity contribution in [3.8, 4) is 21.8 Å². The molecule has 220 valence electrons. The molecule has 0 aliphatic rings. The third-order valence-corrected chi connectivity index (χ3v) is 8.21. The van der Waals surface area contributed by atoms with Gasteiger partial charge in [-0.3, -0.25) is 9.59 Å². The van der Waals surface area contributed by atoms with Crippen LogP contribution in [-0.4, -0.2) is 39.7 Å². The Kier molecular flexibility index (Phi) is 8.92. The number of amides is 1. The smallest absolute Gasteiger partial charge is 0.344 e. The number of carbonyl (C=O) groups is 2. The molecular formula is C34H30F3N3O2S. The molecule has 0 saturated carbocycles. The van der Waals surface area contributed by atoms with E-state index >= 15 is 0 Å². The Morgan fingerprint density at radius 1 is 0.907 bits per heavy atom. The van der Waals surface area contributed by atoms with Gasteiger partial charge in [0.25, 0.3) is 5.91 Å². The van der Waals surface area contributed by atoms with Gasteiger partial charge in [-0.25, -0.2) is 4.98 Å². The molecule has 0 fully saturated rings. The number of halogens is 3. The van der Waals surface area contributed by atoms with Crippen LogP contribution in [0.4, 0.5) is 13.2 Å². The standard InChI is InChI=1S/C34H30F3N3O2S/c1-23-28(31(41)20-24-11-9-16-27(19-24)34(35,36)37)21-30(25-12-5-3-6-13-25)40(23)18-10-17-39(2)33(42)29-22-43-32(38-29)26-14-7-4-8-15-26/h3-9,11-16,19,21-22H,10,17-18,20H2,1-2H3. The van der Waals surface area contributed by atoms with Gasteiger partial charge < -0.3 is 9.47 Å². The Morgan fingerprint density at radius 2 is 1.58 bits per heavy atom. The highest BCUT2D eigenvalue weighted by Crippen LogP contribution is 2.31. The van der Waals surface area contributed by atoms with Crippen molar-refractivity contribution in [3.63, 3.8) is 0 Å². The summed E-state index contributed by atoms with van der Waals surface area (Å²) < 4.78 is 41.7. The molecule has 5 aromatic rings. The second-order valence-electron chi connectivity index (χ2n) is 10.3. The highest BCUT2D eigenvalue weighted by atomic mass is 32.1. The second-order valence-corrected chi connectivity index (χ2v) is 11.2. The van der Waals surface area contributed by atoms with Crippen molar-refractivity contribution < 1.29 is 22.8 Å². The number of hydrogen-bond donors (Lipinski definition) is 0. The van der Waals surface area contributed by atoms with Crippen LogP contribution >= 0.6 is 11.3 Å². The number of alkyl halides is 3. The molecule has 0 aliphatic heterocycles. The number of carbonyl (C=O) groups excluding carboxylic acids is 2. The van der Waals surface area contributed by atoms with Gasteiger partial charge in [-0.15, -0.1) is 11.3 Å². The number of nitrogens with zero attached hydrogens (tertiary/aromatic N) is 3. The molecule has 1 amide bonds. The summed E-state index contributed by atoms with van der Waals surface area (Å²) in [4.78, 5) is 32.6. The lowest BCUT2D eigenvalue weighted by Crippen LogP contribution is -2.28. The molecule has 5 rings (SSSR count). The van der Waals surface area contributed by atoms with Crippen LogP contribution in [0, 0.1) is 6.92 Å². The molecule has 3 aromatic carbocycles. The maximum Gasteiger partial charge on any atom is 0.416 e. The Bertz CT molecular complexity index is 1730. The molecule has 0 aliphatic carbocycles. The topological polar surface area (TPSA) is 55.2 Å². The van der Waals surface area contributed by atoms with Gasteiger partial charge in [0.2, 0.25) is 0 Å². The maximum atomic E-state index is 13.4. The lowest BCUT2D eigenvalue weighted by atomic mass is 10.0. The van der Waals surface area contributed by atoms with Gasteiger partial charge in [-0.05, 0) is 36.6 Å². The first-order valence-corrected chi connectivity index (χ1v) is 14.7. The molecule has 2 heterocycles. The van der Waals surface area contributed by atoms with Crippen LogP contribution in [0.2, 0.25) is 0 Å². The molecule has 0 spiro atoms. The quantitative estimate of drug-likeness (QED) is 0.152. The fraction of sp³-hybridized carbons (Fsp3) is 0.206. The average molecular weight is 602 g/mol. The van der Waals surface area contributed by atoms with E-state index in [1.54, 1.807) is 17.3 Å². The molecule has 5 nitrogen and oxygen atoms in total. The Labute approximate surface area is 252 Å². The molecule has 43 heavy (non-hydrogen) atoms. The lowest BCUT2D eigenvalue weighted by Gasteiger charge is -2.18. The predicted molar refractivity (Wildman–Crippen MR) is 163 cm³/mol. The van der Waals surface area contributed by atoms with E-state index in [2.05, 4.69) is 4.98 Å². The van der Waals surface area contributed by atoms with Gasteiger partial charge in [0.1, 0.15) is 10.7 Å². The van der Waals surface area contributed by atoms with E-state index in [1.165, 1.54) is 23.5 Å². The third kappa shape index (κ3) is 6.94. The predicted octanol–water partition coefficient (Wildman–Crippen LogP) is 8.19. The van der Waals surface area contributed by atoms with Crippen molar-refractivity contribution in [2.24, 2.45) is 0 Å². The third-order valence-electron chi connectivity index (χ3n) is 7.32. The first-order chi connectivity index (χ1) is 20.6. The van der Waals surface area contributed by atoms with Gasteiger partial charge in [-0.1, -0.05) is 78.9 Å². The molecular weight excluding hydrogens is 571 g/mol. The van der Waals surface area contributed by atoms with Crippen LogP contribution in [0.25, 0.3) is 21.8 Å². The molecule has 0 bridgehead atoms. The Balaban J connectivity index is 1.31. The van der Waals surface area contributed by atoms with Crippen molar-refractivity contribution in [1.29, 1.82) is 0 Å². The van der Waals surface area contributed by atoms with Gasteiger partial charge in [0.15, 0.2) is 5.78 Å². The van der Waals surface area contributed by atoms with E-state index in [0.717, 1.165) is 39.7 Å². The van der Waals surface area contributed by atoms with Gasteiger partial charge in [0, 0.05) is 54.5 Å². The van der Waals surface area contributed by atoms with Gasteiger partial charge in [0.05, 0.1) is 5.56 Å². The Hall–Kier alpha value is -4.50. The summed E-state index contributed by atoms with van der Waals surface area (Å²) in [5.74, 6) is -0.416. The second kappa shape index (κ2) is 12.8. The minimum Gasteiger partial charge on any atom is -0.344 e. The molecule has 0 N–H and O–H groups in total. The summed E-state index contributed by atoms with van der Waals surface area (Å²) in [6.07, 6.45) is -4.00. The van der Waals surface area contributed by atoms with Crippen molar-refractivity contribution in [2.45, 2.75) is 32.5 Å². The average Bonchev–Trinajstić information content (AvgIpc) is 3.63. The van der Waals surface area contributed by atoms with E-state index in [-0.39, 0.29) is 18.1 Å². The first-order valence-electron chi connectivity index (χ1n) is 13.8. The largest absolute Gasteiger partial charge is 0.416 e. The molecule has 9 heteroatoms. The number of benzene rings is 3. The first kappa shape index (κ1) is 30.0. The minimum atomic E-state index is -4.48. The summed E-state index contributed by atoms with van der Waals surface area (Å²) in [5, 5.41) is 2.56. The summed E-state index contributed by atoms with van der Waals surface area (Å²) >= 11 is 1.43. The number of aromatic nitrogens is 2. The number of Topliss-reactive ketones (excluding diaryl/α,β-unsaturated/α-hetero) is 1. The van der Waals surface area contributed by atoms with Gasteiger partial charge in [-0.2, -0.15) is 13.2 Å². The number of hydrogen-bond acceptors (Lipinski definition) is 4. The molecule has 0 atom stereocenters. The summed E-state index contributed by atoms with van der Waals surface area (Å²) in [6.45, 7) is 2.86. The monoisotopic (exact) mass is 601 g/mol. The fourth-order valence-corrected chi connectivity index (χ4v) is 5.85. The number of rotatable bonds is 10. The van der Waals surface area contributed by atoms with Crippen molar-refractivity contribution in [2.75, 3.05) is 13.6 Å². The summed E-state index contributed by atoms with van der Waals surface area (Å²) in [6, 6.07) is 26.1. The van der Waals surface area contributed by atoms with Crippen LogP contribution < -0.4 is 0 Å². The molecule has 0 radical (unpaired) electrons. The van der Waals surface area contributed by atoms with Crippen molar-refractivity contribution in [1.82, 2.24) is 14.5 Å². The highest BCUT2D eigenvalue weighted by molar-refractivity contribution is 7.13. The van der Waals surface area contributed by atoms with Crippen LogP contribution in [0.5, 0.6) is 0 Å². The zero-order chi connectivity index (χ0) is 30.6. The fourth-order valence-electron chi connectivity index (χ4n) is 5.05. The normalized spacial score (nSPS) is 11.5. The minimum absolute atomic E-state index is 0.140. The van der Waals surface area contributed by atoms with Crippen LogP contribution in [0.1, 0.15) is 44.1 Å². The Morgan fingerprint density at radius 3 is 2.26 bits per heavy atom. The van der Waals surface area contributed by atoms with E-state index in [0.29, 0.717) is 36.3 Å². The van der Waals surface area contributed by atoms with E-state index in [9.17, 15) is 22.8 Å². The van der Waals surface area contributed by atoms with Crippen molar-refractivity contribution in [3.05, 3.63) is 124 Å². The number of ketones is 1. The van der Waals surface area contributed by atoms with E-state index in [4.69, 9.17) is 0 Å². The van der Waals surface area contributed by atoms with E-state index < -0.39 is 11.7 Å². The molecule has 2 aromatic heterocycles. The zero-order valence-corrected chi connectivity index (χ0v) is 24.6. The molecule has 0 unspecified atom stereocenters. The van der Waals surface area contributed by atoms with E-state index in [1.807, 2.05) is 78.2 Å².